The number of carbonyl (C=O) groups is 1. The van der Waals surface area contributed by atoms with E-state index in [-0.39, 0.29) is 17.7 Å². The summed E-state index contributed by atoms with van der Waals surface area (Å²) in [6.07, 6.45) is -4.05. The lowest BCUT2D eigenvalue weighted by molar-refractivity contribution is -0.153. The largest absolute Gasteiger partial charge is 0.484 e. The zero-order valence-electron chi connectivity index (χ0n) is 12.0. The number of benzene rings is 1. The lowest BCUT2D eigenvalue weighted by atomic mass is 10.2. The molecule has 2 N–H and O–H groups in total. The molecule has 0 aliphatic rings. The van der Waals surface area contributed by atoms with Crippen LogP contribution >= 0.6 is 0 Å². The quantitative estimate of drug-likeness (QED) is 0.814. The van der Waals surface area contributed by atoms with E-state index in [4.69, 9.17) is 0 Å². The maximum absolute atomic E-state index is 12.0. The molecule has 0 aliphatic heterocycles. The van der Waals surface area contributed by atoms with Gasteiger partial charge in [0.05, 0.1) is 0 Å². The maximum Gasteiger partial charge on any atom is 0.422 e. The van der Waals surface area contributed by atoms with Gasteiger partial charge in [0.25, 0.3) is 0 Å². The number of anilines is 1. The zero-order chi connectivity index (χ0) is 15.9. The van der Waals surface area contributed by atoms with Crippen molar-refractivity contribution in [2.45, 2.75) is 32.5 Å². The van der Waals surface area contributed by atoms with Crippen molar-refractivity contribution in [3.63, 3.8) is 0 Å². The predicted octanol–water partition coefficient (Wildman–Crippen LogP) is 2.95. The van der Waals surface area contributed by atoms with Gasteiger partial charge in [0.15, 0.2) is 6.61 Å². The molecule has 1 aromatic carbocycles. The van der Waals surface area contributed by atoms with Gasteiger partial charge in [0.1, 0.15) is 5.75 Å². The summed E-state index contributed by atoms with van der Waals surface area (Å²) in [6, 6.07) is 5.83. The van der Waals surface area contributed by atoms with E-state index in [1.165, 1.54) is 24.3 Å². The van der Waals surface area contributed by atoms with E-state index in [1.54, 1.807) is 0 Å². The molecule has 0 saturated carbocycles. The third-order valence-electron chi connectivity index (χ3n) is 2.58. The van der Waals surface area contributed by atoms with E-state index in [0.29, 0.717) is 12.1 Å². The Labute approximate surface area is 121 Å². The van der Waals surface area contributed by atoms with Gasteiger partial charge in [-0.05, 0) is 37.7 Å². The molecule has 0 bridgehead atoms. The minimum absolute atomic E-state index is 0.0596. The Balaban J connectivity index is 2.45. The van der Waals surface area contributed by atoms with Crippen molar-refractivity contribution >= 4 is 11.6 Å². The van der Waals surface area contributed by atoms with Crippen LogP contribution in [0.4, 0.5) is 18.9 Å². The van der Waals surface area contributed by atoms with Crippen LogP contribution in [-0.4, -0.2) is 31.3 Å². The van der Waals surface area contributed by atoms with Gasteiger partial charge < -0.3 is 15.4 Å². The predicted molar refractivity (Wildman–Crippen MR) is 74.4 cm³/mol. The molecule has 1 unspecified atom stereocenters. The number of carbonyl (C=O) groups excluding carboxylic acids is 1. The Morgan fingerprint density at radius 3 is 2.43 bits per heavy atom. The highest BCUT2D eigenvalue weighted by Crippen LogP contribution is 2.20. The average Bonchev–Trinajstić information content (AvgIpc) is 2.37. The molecule has 0 saturated heterocycles. The first kappa shape index (κ1) is 17.3. The Kier molecular flexibility index (Phi) is 6.48. The standard InChI is InChI=1S/C14H19F3N2O2/c1-3-18-10(2)8-13(20)19-11-4-6-12(7-5-11)21-9-14(15,16)17/h4-7,10,18H,3,8-9H2,1-2H3,(H,19,20). The number of rotatable bonds is 7. The van der Waals surface area contributed by atoms with E-state index in [2.05, 4.69) is 15.4 Å². The molecule has 4 nitrogen and oxygen atoms in total. The minimum atomic E-state index is -4.37. The van der Waals surface area contributed by atoms with Gasteiger partial charge >= 0.3 is 6.18 Å². The third-order valence-corrected chi connectivity index (χ3v) is 2.58. The lowest BCUT2D eigenvalue weighted by Gasteiger charge is -2.13. The first-order valence-electron chi connectivity index (χ1n) is 6.63. The molecule has 1 rings (SSSR count). The minimum Gasteiger partial charge on any atom is -0.484 e. The van der Waals surface area contributed by atoms with Gasteiger partial charge in [-0.15, -0.1) is 0 Å². The maximum atomic E-state index is 12.0. The summed E-state index contributed by atoms with van der Waals surface area (Å²) in [7, 11) is 0. The number of alkyl halides is 3. The first-order chi connectivity index (χ1) is 9.80. The fourth-order valence-electron chi connectivity index (χ4n) is 1.71. The van der Waals surface area contributed by atoms with E-state index in [0.717, 1.165) is 6.54 Å². The highest BCUT2D eigenvalue weighted by molar-refractivity contribution is 5.91. The molecule has 0 aromatic heterocycles. The lowest BCUT2D eigenvalue weighted by Crippen LogP contribution is -2.30. The molecule has 0 aliphatic carbocycles. The number of hydrogen-bond acceptors (Lipinski definition) is 3. The highest BCUT2D eigenvalue weighted by atomic mass is 19.4. The van der Waals surface area contributed by atoms with E-state index < -0.39 is 12.8 Å². The number of amides is 1. The summed E-state index contributed by atoms with van der Waals surface area (Å²) >= 11 is 0. The summed E-state index contributed by atoms with van der Waals surface area (Å²) < 4.78 is 40.5. The van der Waals surface area contributed by atoms with Crippen LogP contribution in [0.25, 0.3) is 0 Å². The Morgan fingerprint density at radius 2 is 1.90 bits per heavy atom. The van der Waals surface area contributed by atoms with Crippen molar-refractivity contribution in [1.29, 1.82) is 0 Å². The molecule has 0 heterocycles. The van der Waals surface area contributed by atoms with Gasteiger partial charge in [-0.25, -0.2) is 0 Å². The summed E-state index contributed by atoms with van der Waals surface area (Å²) in [5, 5.41) is 5.79. The SMILES string of the molecule is CCNC(C)CC(=O)Nc1ccc(OCC(F)(F)F)cc1. The summed E-state index contributed by atoms with van der Waals surface area (Å²) in [4.78, 5) is 11.7. The van der Waals surface area contributed by atoms with Crippen LogP contribution in [0.2, 0.25) is 0 Å². The Morgan fingerprint density at radius 1 is 1.29 bits per heavy atom. The smallest absolute Gasteiger partial charge is 0.422 e. The first-order valence-corrected chi connectivity index (χ1v) is 6.63. The monoisotopic (exact) mass is 304 g/mol. The summed E-state index contributed by atoms with van der Waals surface area (Å²) in [6.45, 7) is 3.30. The summed E-state index contributed by atoms with van der Waals surface area (Å²) in [5.74, 6) is -0.0567. The van der Waals surface area contributed by atoms with Gasteiger partial charge in [-0.1, -0.05) is 6.92 Å². The van der Waals surface area contributed by atoms with E-state index in [9.17, 15) is 18.0 Å². The van der Waals surface area contributed by atoms with Crippen LogP contribution in [0, 0.1) is 0 Å². The normalized spacial score (nSPS) is 12.8. The average molecular weight is 304 g/mol. The van der Waals surface area contributed by atoms with Crippen molar-refractivity contribution in [3.05, 3.63) is 24.3 Å². The second-order valence-electron chi connectivity index (χ2n) is 4.64. The van der Waals surface area contributed by atoms with Crippen LogP contribution in [0.1, 0.15) is 20.3 Å². The second kappa shape index (κ2) is 7.87. The summed E-state index contributed by atoms with van der Waals surface area (Å²) in [5.41, 5.74) is 0.517. The Hall–Kier alpha value is -1.76. The van der Waals surface area contributed by atoms with E-state index >= 15 is 0 Å². The number of nitrogens with one attached hydrogen (secondary N) is 2. The molecule has 1 atom stereocenters. The van der Waals surface area contributed by atoms with Crippen molar-refractivity contribution in [1.82, 2.24) is 5.32 Å². The van der Waals surface area contributed by atoms with Gasteiger partial charge in [0.2, 0.25) is 5.91 Å². The van der Waals surface area contributed by atoms with Crippen LogP contribution in [0.15, 0.2) is 24.3 Å². The number of hydrogen-bond donors (Lipinski definition) is 2. The molecule has 0 radical (unpaired) electrons. The van der Waals surface area contributed by atoms with Crippen molar-refractivity contribution in [2.75, 3.05) is 18.5 Å². The Bertz CT molecular complexity index is 447. The highest BCUT2D eigenvalue weighted by Gasteiger charge is 2.28. The molecular formula is C14H19F3N2O2. The molecular weight excluding hydrogens is 285 g/mol. The van der Waals surface area contributed by atoms with Crippen molar-refractivity contribution in [2.24, 2.45) is 0 Å². The number of halogens is 3. The van der Waals surface area contributed by atoms with Gasteiger partial charge in [0, 0.05) is 18.2 Å². The second-order valence-corrected chi connectivity index (χ2v) is 4.64. The van der Waals surface area contributed by atoms with Crippen LogP contribution < -0.4 is 15.4 Å². The van der Waals surface area contributed by atoms with Crippen LogP contribution in [0.3, 0.4) is 0 Å². The molecule has 0 fully saturated rings. The van der Waals surface area contributed by atoms with Gasteiger partial charge in [-0.3, -0.25) is 4.79 Å². The van der Waals surface area contributed by atoms with Crippen LogP contribution in [-0.2, 0) is 4.79 Å². The topological polar surface area (TPSA) is 50.4 Å². The third kappa shape index (κ3) is 7.55. The van der Waals surface area contributed by atoms with Crippen LogP contribution in [0.5, 0.6) is 5.75 Å². The molecule has 0 spiro atoms. The van der Waals surface area contributed by atoms with Crippen molar-refractivity contribution < 1.29 is 22.7 Å². The van der Waals surface area contributed by atoms with E-state index in [1.807, 2.05) is 13.8 Å². The van der Waals surface area contributed by atoms with Gasteiger partial charge in [-0.2, -0.15) is 13.2 Å². The molecule has 7 heteroatoms. The molecule has 1 aromatic rings. The fourth-order valence-corrected chi connectivity index (χ4v) is 1.71. The molecule has 21 heavy (non-hydrogen) atoms. The zero-order valence-corrected chi connectivity index (χ0v) is 12.0. The fraction of sp³-hybridized carbons (Fsp3) is 0.500. The number of ether oxygens (including phenoxy) is 1. The van der Waals surface area contributed by atoms with Crippen molar-refractivity contribution in [3.8, 4) is 5.75 Å². The molecule has 118 valence electrons. The molecule has 1 amide bonds.